The van der Waals surface area contributed by atoms with E-state index in [1.165, 1.54) is 13.3 Å². The quantitative estimate of drug-likeness (QED) is 0.845. The van der Waals surface area contributed by atoms with E-state index in [9.17, 15) is 4.79 Å². The number of aromatic nitrogens is 1. The predicted octanol–water partition coefficient (Wildman–Crippen LogP) is 2.08. The molecule has 104 valence electrons. The number of carbonyl (C=O) groups is 1. The molecule has 19 heavy (non-hydrogen) atoms. The first kappa shape index (κ1) is 13.6. The van der Waals surface area contributed by atoms with Gasteiger partial charge in [0.05, 0.1) is 24.6 Å². The molecule has 0 spiro atoms. The van der Waals surface area contributed by atoms with Crippen LogP contribution in [-0.4, -0.2) is 30.6 Å². The van der Waals surface area contributed by atoms with Crippen LogP contribution in [0.2, 0.25) is 0 Å². The van der Waals surface area contributed by atoms with Crippen LogP contribution in [0, 0.1) is 5.92 Å². The molecule has 2 rings (SSSR count). The highest BCUT2D eigenvalue weighted by molar-refractivity contribution is 5.95. The van der Waals surface area contributed by atoms with Crippen molar-refractivity contribution in [1.82, 2.24) is 4.98 Å². The lowest BCUT2D eigenvalue weighted by molar-refractivity contribution is 0.0602. The second kappa shape index (κ2) is 5.47. The highest BCUT2D eigenvalue weighted by Crippen LogP contribution is 2.29. The van der Waals surface area contributed by atoms with E-state index in [0.717, 1.165) is 25.2 Å². The summed E-state index contributed by atoms with van der Waals surface area (Å²) in [6.45, 7) is 5.39. The fourth-order valence-corrected chi connectivity index (χ4v) is 2.67. The third kappa shape index (κ3) is 2.64. The van der Waals surface area contributed by atoms with Gasteiger partial charge in [-0.2, -0.15) is 0 Å². The molecule has 0 saturated carbocycles. The normalized spacial score (nSPS) is 18.9. The first-order valence-electron chi connectivity index (χ1n) is 6.65. The van der Waals surface area contributed by atoms with Crippen LogP contribution in [0.1, 0.15) is 37.0 Å². The number of rotatable bonds is 3. The van der Waals surface area contributed by atoms with E-state index in [1.807, 2.05) is 0 Å². The average Bonchev–Trinajstić information content (AvgIpc) is 2.88. The number of ether oxygens (including phenoxy) is 1. The summed E-state index contributed by atoms with van der Waals surface area (Å²) in [6, 6.07) is 2.21. The van der Waals surface area contributed by atoms with Crippen LogP contribution in [0.15, 0.2) is 12.3 Å². The van der Waals surface area contributed by atoms with Gasteiger partial charge in [-0.05, 0) is 24.8 Å². The Labute approximate surface area is 113 Å². The maximum atomic E-state index is 11.7. The SMILES string of the molecule is COC(=O)c1cc(N2CCCC2C(C)C)ncc1N. The van der Waals surface area contributed by atoms with Gasteiger partial charge in [0.2, 0.25) is 0 Å². The number of hydrogen-bond acceptors (Lipinski definition) is 5. The topological polar surface area (TPSA) is 68.5 Å². The van der Waals surface area contributed by atoms with Crippen molar-refractivity contribution in [3.05, 3.63) is 17.8 Å². The Morgan fingerprint density at radius 1 is 1.58 bits per heavy atom. The molecule has 0 radical (unpaired) electrons. The van der Waals surface area contributed by atoms with Crippen molar-refractivity contribution < 1.29 is 9.53 Å². The largest absolute Gasteiger partial charge is 0.465 e. The lowest BCUT2D eigenvalue weighted by atomic mass is 10.0. The van der Waals surface area contributed by atoms with E-state index >= 15 is 0 Å². The predicted molar refractivity (Wildman–Crippen MR) is 75.2 cm³/mol. The lowest BCUT2D eigenvalue weighted by Gasteiger charge is -2.29. The number of anilines is 2. The number of methoxy groups -OCH3 is 1. The van der Waals surface area contributed by atoms with Gasteiger partial charge in [-0.25, -0.2) is 9.78 Å². The molecule has 0 aromatic carbocycles. The van der Waals surface area contributed by atoms with Gasteiger partial charge in [-0.1, -0.05) is 13.8 Å². The molecule has 2 heterocycles. The molecule has 1 saturated heterocycles. The maximum Gasteiger partial charge on any atom is 0.340 e. The van der Waals surface area contributed by atoms with Crippen molar-refractivity contribution in [2.24, 2.45) is 5.92 Å². The number of nitrogens with zero attached hydrogens (tertiary/aromatic N) is 2. The van der Waals surface area contributed by atoms with Crippen molar-refractivity contribution in [2.75, 3.05) is 24.3 Å². The second-order valence-electron chi connectivity index (χ2n) is 5.27. The number of nitrogen functional groups attached to an aromatic ring is 1. The molecule has 0 bridgehead atoms. The maximum absolute atomic E-state index is 11.7. The van der Waals surface area contributed by atoms with E-state index in [2.05, 4.69) is 23.7 Å². The van der Waals surface area contributed by atoms with Crippen molar-refractivity contribution in [2.45, 2.75) is 32.7 Å². The first-order chi connectivity index (χ1) is 9.04. The molecule has 2 N–H and O–H groups in total. The van der Waals surface area contributed by atoms with Gasteiger partial charge in [0.15, 0.2) is 0 Å². The second-order valence-corrected chi connectivity index (χ2v) is 5.27. The molecule has 1 fully saturated rings. The summed E-state index contributed by atoms with van der Waals surface area (Å²) in [7, 11) is 1.36. The van der Waals surface area contributed by atoms with Gasteiger partial charge in [0.25, 0.3) is 0 Å². The molecular formula is C14H21N3O2. The van der Waals surface area contributed by atoms with Crippen LogP contribution >= 0.6 is 0 Å². The Morgan fingerprint density at radius 2 is 2.32 bits per heavy atom. The molecular weight excluding hydrogens is 242 g/mol. The van der Waals surface area contributed by atoms with E-state index in [4.69, 9.17) is 10.5 Å². The minimum atomic E-state index is -0.415. The fourth-order valence-electron chi connectivity index (χ4n) is 2.67. The average molecular weight is 263 g/mol. The Balaban J connectivity index is 2.33. The van der Waals surface area contributed by atoms with E-state index in [1.54, 1.807) is 6.07 Å². The molecule has 5 nitrogen and oxygen atoms in total. The summed E-state index contributed by atoms with van der Waals surface area (Å²) in [5.41, 5.74) is 6.53. The smallest absolute Gasteiger partial charge is 0.340 e. The summed E-state index contributed by atoms with van der Waals surface area (Å²) in [4.78, 5) is 18.3. The minimum absolute atomic E-state index is 0.357. The zero-order chi connectivity index (χ0) is 14.0. The number of hydrogen-bond donors (Lipinski definition) is 1. The number of carbonyl (C=O) groups excluding carboxylic acids is 1. The van der Waals surface area contributed by atoms with Crippen molar-refractivity contribution in [1.29, 1.82) is 0 Å². The van der Waals surface area contributed by atoms with Crippen LogP contribution in [0.5, 0.6) is 0 Å². The Bertz CT molecular complexity index is 474. The van der Waals surface area contributed by atoms with Crippen LogP contribution < -0.4 is 10.6 Å². The standard InChI is InChI=1S/C14H21N3O2/c1-9(2)12-5-4-6-17(12)13-7-10(14(18)19-3)11(15)8-16-13/h7-9,12H,4-6,15H2,1-3H3. The van der Waals surface area contributed by atoms with E-state index in [-0.39, 0.29) is 0 Å². The Kier molecular flexibility index (Phi) is 3.93. The van der Waals surface area contributed by atoms with Gasteiger partial charge in [0, 0.05) is 12.6 Å². The fraction of sp³-hybridized carbons (Fsp3) is 0.571. The molecule has 1 atom stereocenters. The van der Waals surface area contributed by atoms with Crippen molar-refractivity contribution in [3.63, 3.8) is 0 Å². The zero-order valence-electron chi connectivity index (χ0n) is 11.7. The summed E-state index contributed by atoms with van der Waals surface area (Å²) in [6.07, 6.45) is 3.86. The molecule has 5 heteroatoms. The molecule has 1 aromatic heterocycles. The molecule has 0 amide bonds. The summed E-state index contributed by atoms with van der Waals surface area (Å²) < 4.78 is 4.74. The molecule has 0 aliphatic carbocycles. The van der Waals surface area contributed by atoms with Crippen LogP contribution in [0.25, 0.3) is 0 Å². The summed E-state index contributed by atoms with van der Waals surface area (Å²) in [5.74, 6) is 0.954. The molecule has 1 aliphatic rings. The highest BCUT2D eigenvalue weighted by atomic mass is 16.5. The van der Waals surface area contributed by atoms with Crippen molar-refractivity contribution in [3.8, 4) is 0 Å². The van der Waals surface area contributed by atoms with Gasteiger partial charge < -0.3 is 15.4 Å². The number of pyridine rings is 1. The van der Waals surface area contributed by atoms with Gasteiger partial charge in [0.1, 0.15) is 5.82 Å². The third-order valence-corrected chi connectivity index (χ3v) is 3.69. The molecule has 1 unspecified atom stereocenters. The number of esters is 1. The number of nitrogens with two attached hydrogens (primary N) is 1. The molecule has 1 aliphatic heterocycles. The van der Waals surface area contributed by atoms with Crippen LogP contribution in [-0.2, 0) is 4.74 Å². The van der Waals surface area contributed by atoms with Gasteiger partial charge in [-0.15, -0.1) is 0 Å². The Hall–Kier alpha value is -1.78. The van der Waals surface area contributed by atoms with E-state index in [0.29, 0.717) is 23.2 Å². The first-order valence-corrected chi connectivity index (χ1v) is 6.65. The lowest BCUT2D eigenvalue weighted by Crippen LogP contribution is -2.34. The van der Waals surface area contributed by atoms with E-state index < -0.39 is 5.97 Å². The summed E-state index contributed by atoms with van der Waals surface area (Å²) in [5, 5.41) is 0. The monoisotopic (exact) mass is 263 g/mol. The Morgan fingerprint density at radius 3 is 2.95 bits per heavy atom. The van der Waals surface area contributed by atoms with Crippen LogP contribution in [0.4, 0.5) is 11.5 Å². The summed E-state index contributed by atoms with van der Waals surface area (Å²) >= 11 is 0. The molecule has 1 aromatic rings. The zero-order valence-corrected chi connectivity index (χ0v) is 11.7. The minimum Gasteiger partial charge on any atom is -0.465 e. The van der Waals surface area contributed by atoms with Gasteiger partial charge >= 0.3 is 5.97 Å². The van der Waals surface area contributed by atoms with Gasteiger partial charge in [-0.3, -0.25) is 0 Å². The highest BCUT2D eigenvalue weighted by Gasteiger charge is 2.28. The van der Waals surface area contributed by atoms with Crippen molar-refractivity contribution >= 4 is 17.5 Å². The third-order valence-electron chi connectivity index (χ3n) is 3.69. The van der Waals surface area contributed by atoms with Crippen LogP contribution in [0.3, 0.4) is 0 Å².